The largest absolute Gasteiger partial charge is 0.459 e. The molecule has 35 heavy (non-hydrogen) atoms. The number of ether oxygens (including phenoxy) is 2. The molecule has 196 valence electrons. The molecule has 0 unspecified atom stereocenters. The zero-order chi connectivity index (χ0) is 27.5. The van der Waals surface area contributed by atoms with Crippen molar-refractivity contribution in [1.29, 1.82) is 0 Å². The van der Waals surface area contributed by atoms with Gasteiger partial charge in [-0.05, 0) is 67.8 Å². The summed E-state index contributed by atoms with van der Waals surface area (Å²) < 4.78 is 85.3. The molecule has 0 atom stereocenters. The van der Waals surface area contributed by atoms with E-state index in [0.29, 0.717) is 3.57 Å². The Morgan fingerprint density at radius 3 is 1.49 bits per heavy atom. The Kier molecular flexibility index (Phi) is 10.8. The molecule has 0 aliphatic rings. The van der Waals surface area contributed by atoms with Crippen LogP contribution in [0.15, 0.2) is 0 Å². The van der Waals surface area contributed by atoms with Gasteiger partial charge >= 0.3 is 29.9 Å². The summed E-state index contributed by atoms with van der Waals surface area (Å²) in [4.78, 5) is 47.1. The first kappa shape index (κ1) is 31.9. The molecule has 18 heteroatoms. The fraction of sp³-hybridized carbons (Fsp3) is 0.412. The minimum absolute atomic E-state index is 0.127. The fourth-order valence-electron chi connectivity index (χ4n) is 2.25. The second kappa shape index (κ2) is 11.9. The van der Waals surface area contributed by atoms with Crippen LogP contribution in [0, 0.1) is 10.7 Å². The topological polar surface area (TPSA) is 131 Å². The van der Waals surface area contributed by atoms with Gasteiger partial charge in [0.1, 0.15) is 13.2 Å². The summed E-state index contributed by atoms with van der Waals surface area (Å²) in [6.45, 7) is 0.113. The normalized spacial score (nSPS) is 12.1. The standard InChI is InChI=1S/C17H13F6I3N2O7/c1-5(29)27-11-8(24)7(9(25)12(10(11)26)28-6(2)30)13(31)34-3-4-35-14(32)15(33,16(18,19)20)17(21,22)23/h33H,3-4H2,1-2H3,(H,27,29)(H,28,30). The van der Waals surface area contributed by atoms with Crippen LogP contribution in [0.3, 0.4) is 0 Å². The van der Waals surface area contributed by atoms with Crippen LogP contribution in [0.1, 0.15) is 24.2 Å². The molecular weight excluding hydrogens is 839 g/mol. The van der Waals surface area contributed by atoms with E-state index in [9.17, 15) is 45.5 Å². The van der Waals surface area contributed by atoms with E-state index >= 15 is 0 Å². The van der Waals surface area contributed by atoms with Crippen molar-refractivity contribution < 1.29 is 60.1 Å². The lowest BCUT2D eigenvalue weighted by Crippen LogP contribution is -2.63. The van der Waals surface area contributed by atoms with Gasteiger partial charge in [-0.15, -0.1) is 0 Å². The summed E-state index contributed by atoms with van der Waals surface area (Å²) in [5.41, 5.74) is -5.72. The van der Waals surface area contributed by atoms with Crippen LogP contribution in [0.25, 0.3) is 0 Å². The molecule has 0 fully saturated rings. The first-order valence-corrected chi connectivity index (χ1v) is 12.0. The number of esters is 2. The number of amides is 2. The Morgan fingerprint density at radius 1 is 0.771 bits per heavy atom. The third-order valence-corrected chi connectivity index (χ3v) is 7.02. The van der Waals surface area contributed by atoms with Gasteiger partial charge in [0.2, 0.25) is 11.8 Å². The van der Waals surface area contributed by atoms with Gasteiger partial charge in [-0.1, -0.05) is 0 Å². The highest BCUT2D eigenvalue weighted by Crippen LogP contribution is 2.44. The molecule has 2 amide bonds. The molecule has 0 saturated carbocycles. The molecule has 1 aromatic rings. The molecule has 0 heterocycles. The number of benzene rings is 1. The fourth-order valence-corrected chi connectivity index (χ4v) is 6.40. The van der Waals surface area contributed by atoms with Crippen LogP contribution in [-0.4, -0.2) is 60.0 Å². The molecule has 3 N–H and O–H groups in total. The lowest BCUT2D eigenvalue weighted by molar-refractivity contribution is -0.357. The molecular formula is C17H13F6I3N2O7. The Labute approximate surface area is 233 Å². The van der Waals surface area contributed by atoms with E-state index in [-0.39, 0.29) is 24.1 Å². The minimum atomic E-state index is -6.42. The van der Waals surface area contributed by atoms with Crippen molar-refractivity contribution in [3.63, 3.8) is 0 Å². The van der Waals surface area contributed by atoms with Crippen LogP contribution in [0.4, 0.5) is 37.7 Å². The Balaban J connectivity index is 3.14. The average molecular weight is 852 g/mol. The van der Waals surface area contributed by atoms with E-state index in [1.807, 2.05) is 0 Å². The summed E-state index contributed by atoms with van der Waals surface area (Å²) in [6, 6.07) is 0. The molecule has 1 rings (SSSR count). The molecule has 0 aliphatic heterocycles. The predicted octanol–water partition coefficient (Wildman–Crippen LogP) is 3.97. The Hall–Kier alpha value is -1.17. The van der Waals surface area contributed by atoms with Crippen molar-refractivity contribution in [1.82, 2.24) is 0 Å². The Bertz CT molecular complexity index is 989. The number of carbonyl (C=O) groups is 4. The third kappa shape index (κ3) is 7.20. The van der Waals surface area contributed by atoms with Gasteiger partial charge in [-0.3, -0.25) is 9.59 Å². The molecule has 0 radical (unpaired) electrons. The minimum Gasteiger partial charge on any atom is -0.459 e. The van der Waals surface area contributed by atoms with E-state index in [1.54, 1.807) is 67.8 Å². The number of hydrogen-bond donors (Lipinski definition) is 3. The highest BCUT2D eigenvalue weighted by molar-refractivity contribution is 14.1. The summed E-state index contributed by atoms with van der Waals surface area (Å²) in [7, 11) is 0. The maximum Gasteiger partial charge on any atom is 0.437 e. The molecule has 0 aliphatic carbocycles. The van der Waals surface area contributed by atoms with Crippen LogP contribution in [0.2, 0.25) is 0 Å². The van der Waals surface area contributed by atoms with Crippen molar-refractivity contribution in [2.24, 2.45) is 0 Å². The molecule has 0 saturated heterocycles. The number of rotatable bonds is 7. The average Bonchev–Trinajstić information content (AvgIpc) is 2.69. The van der Waals surface area contributed by atoms with Gasteiger partial charge in [0.15, 0.2) is 0 Å². The molecule has 0 spiro atoms. The summed E-state index contributed by atoms with van der Waals surface area (Å²) in [5.74, 6) is -5.26. The monoisotopic (exact) mass is 852 g/mol. The lowest BCUT2D eigenvalue weighted by atomic mass is 10.0. The first-order chi connectivity index (χ1) is 15.8. The number of aliphatic hydroxyl groups is 1. The molecule has 0 bridgehead atoms. The maximum atomic E-state index is 12.7. The highest BCUT2D eigenvalue weighted by atomic mass is 127. The lowest BCUT2D eigenvalue weighted by Gasteiger charge is -2.29. The van der Waals surface area contributed by atoms with Crippen LogP contribution < -0.4 is 10.6 Å². The van der Waals surface area contributed by atoms with E-state index in [2.05, 4.69) is 15.4 Å². The SMILES string of the molecule is CC(=O)Nc1c(I)c(NC(C)=O)c(I)c(C(=O)OCCOC(=O)C(O)(C(F)(F)F)C(F)(F)F)c1I. The summed E-state index contributed by atoms with van der Waals surface area (Å²) in [6.07, 6.45) is -12.8. The molecule has 0 aromatic heterocycles. The van der Waals surface area contributed by atoms with E-state index in [1.165, 1.54) is 13.8 Å². The zero-order valence-corrected chi connectivity index (χ0v) is 23.7. The summed E-state index contributed by atoms with van der Waals surface area (Å²) in [5, 5.41) is 13.9. The smallest absolute Gasteiger partial charge is 0.437 e. The van der Waals surface area contributed by atoms with Crippen molar-refractivity contribution in [3.8, 4) is 0 Å². The number of nitrogens with one attached hydrogen (secondary N) is 2. The van der Waals surface area contributed by atoms with Crippen LogP contribution in [0.5, 0.6) is 0 Å². The zero-order valence-electron chi connectivity index (χ0n) is 17.2. The van der Waals surface area contributed by atoms with Gasteiger partial charge in [-0.25, -0.2) is 9.59 Å². The van der Waals surface area contributed by atoms with Crippen molar-refractivity contribution in [2.45, 2.75) is 31.8 Å². The van der Waals surface area contributed by atoms with Crippen molar-refractivity contribution in [2.75, 3.05) is 23.8 Å². The first-order valence-electron chi connectivity index (χ1n) is 8.73. The van der Waals surface area contributed by atoms with E-state index in [0.717, 1.165) is 0 Å². The van der Waals surface area contributed by atoms with Gasteiger partial charge in [-0.2, -0.15) is 26.3 Å². The number of anilines is 2. The van der Waals surface area contributed by atoms with E-state index in [4.69, 9.17) is 9.84 Å². The second-order valence-corrected chi connectivity index (χ2v) is 9.64. The van der Waals surface area contributed by atoms with Crippen LogP contribution >= 0.6 is 67.8 Å². The second-order valence-electron chi connectivity index (χ2n) is 6.41. The number of carbonyl (C=O) groups excluding carboxylic acids is 4. The maximum absolute atomic E-state index is 12.7. The Morgan fingerprint density at radius 2 is 1.14 bits per heavy atom. The quantitative estimate of drug-likeness (QED) is 0.164. The van der Waals surface area contributed by atoms with Crippen molar-refractivity contribution >= 4 is 103 Å². The van der Waals surface area contributed by atoms with Gasteiger partial charge in [0.25, 0.3) is 0 Å². The third-order valence-electron chi connectivity index (χ3n) is 3.79. The van der Waals surface area contributed by atoms with Crippen molar-refractivity contribution in [3.05, 3.63) is 16.3 Å². The number of halogens is 9. The van der Waals surface area contributed by atoms with E-state index < -0.39 is 54.9 Å². The van der Waals surface area contributed by atoms with Crippen LogP contribution in [-0.2, 0) is 23.9 Å². The predicted molar refractivity (Wildman–Crippen MR) is 132 cm³/mol. The highest BCUT2D eigenvalue weighted by Gasteiger charge is 2.76. The number of hydrogen-bond acceptors (Lipinski definition) is 7. The number of alkyl halides is 6. The molecule has 9 nitrogen and oxygen atoms in total. The summed E-state index contributed by atoms with van der Waals surface area (Å²) >= 11 is 5.17. The van der Waals surface area contributed by atoms with Gasteiger partial charge < -0.3 is 25.2 Å². The molecule has 1 aromatic carbocycles. The van der Waals surface area contributed by atoms with Gasteiger partial charge in [0, 0.05) is 13.8 Å². The van der Waals surface area contributed by atoms with Gasteiger partial charge in [0.05, 0.1) is 27.6 Å².